The summed E-state index contributed by atoms with van der Waals surface area (Å²) >= 11 is 1.85. The first-order chi connectivity index (χ1) is 11.1. The smallest absolute Gasteiger partial charge is 0.191 e. The molecule has 1 aromatic carbocycles. The van der Waals surface area contributed by atoms with Crippen molar-refractivity contribution in [3.8, 4) is 0 Å². The minimum atomic E-state index is 0.762. The first kappa shape index (κ1) is 17.3. The number of nitrogens with one attached hydrogen (secondary N) is 2. The summed E-state index contributed by atoms with van der Waals surface area (Å²) in [5.74, 6) is 0.827. The zero-order chi connectivity index (χ0) is 16.7. The van der Waals surface area contributed by atoms with Crippen LogP contribution in [0.1, 0.15) is 22.2 Å². The Morgan fingerprint density at radius 3 is 2.22 bits per heavy atom. The maximum atomic E-state index is 4.28. The van der Waals surface area contributed by atoms with E-state index in [1.165, 1.54) is 21.0 Å². The van der Waals surface area contributed by atoms with Gasteiger partial charge in [0.25, 0.3) is 0 Å². The molecule has 0 saturated carbocycles. The van der Waals surface area contributed by atoms with Gasteiger partial charge < -0.3 is 15.5 Å². The Hall–Kier alpha value is -2.01. The minimum absolute atomic E-state index is 0.762. The van der Waals surface area contributed by atoms with Gasteiger partial charge in [0.1, 0.15) is 0 Å². The van der Waals surface area contributed by atoms with Gasteiger partial charge in [0, 0.05) is 43.1 Å². The van der Waals surface area contributed by atoms with Crippen molar-refractivity contribution in [1.82, 2.24) is 10.6 Å². The molecule has 1 heterocycles. The standard InChI is InChI=1S/C18H26N4S/c1-5-16-10-11-17(23-16)13-21-18(19-2)20-12-14-6-8-15(9-7-14)22(3)4/h6-11H,5,12-13H2,1-4H3,(H2,19,20,21). The van der Waals surface area contributed by atoms with Crippen molar-refractivity contribution in [3.05, 3.63) is 51.7 Å². The number of nitrogens with zero attached hydrogens (tertiary/aromatic N) is 2. The second kappa shape index (κ2) is 8.58. The van der Waals surface area contributed by atoms with Crippen LogP contribution in [0.3, 0.4) is 0 Å². The van der Waals surface area contributed by atoms with Crippen LogP contribution in [0.2, 0.25) is 0 Å². The molecule has 0 amide bonds. The molecule has 2 aromatic rings. The summed E-state index contributed by atoms with van der Waals surface area (Å²) in [7, 11) is 5.90. The summed E-state index contributed by atoms with van der Waals surface area (Å²) in [6.07, 6.45) is 1.10. The van der Waals surface area contributed by atoms with Crippen LogP contribution in [0.25, 0.3) is 0 Å². The molecular weight excluding hydrogens is 304 g/mol. The van der Waals surface area contributed by atoms with E-state index < -0.39 is 0 Å². The Morgan fingerprint density at radius 2 is 1.65 bits per heavy atom. The van der Waals surface area contributed by atoms with E-state index >= 15 is 0 Å². The summed E-state index contributed by atoms with van der Waals surface area (Å²) in [6.45, 7) is 3.76. The molecule has 23 heavy (non-hydrogen) atoms. The summed E-state index contributed by atoms with van der Waals surface area (Å²) < 4.78 is 0. The molecule has 0 spiro atoms. The van der Waals surface area contributed by atoms with Crippen LogP contribution in [0.15, 0.2) is 41.4 Å². The van der Waals surface area contributed by atoms with Crippen molar-refractivity contribution in [2.24, 2.45) is 4.99 Å². The maximum Gasteiger partial charge on any atom is 0.191 e. The van der Waals surface area contributed by atoms with Gasteiger partial charge in [0.05, 0.1) is 6.54 Å². The van der Waals surface area contributed by atoms with Crippen LogP contribution in [0.5, 0.6) is 0 Å². The topological polar surface area (TPSA) is 39.7 Å². The average Bonchev–Trinajstić information content (AvgIpc) is 3.03. The molecule has 0 saturated heterocycles. The quantitative estimate of drug-likeness (QED) is 0.631. The predicted molar refractivity (Wildman–Crippen MR) is 102 cm³/mol. The van der Waals surface area contributed by atoms with E-state index in [9.17, 15) is 0 Å². The molecule has 2 rings (SSSR count). The number of benzene rings is 1. The zero-order valence-electron chi connectivity index (χ0n) is 14.4. The molecule has 0 aliphatic carbocycles. The molecule has 0 aliphatic heterocycles. The van der Waals surface area contributed by atoms with E-state index in [-0.39, 0.29) is 0 Å². The molecule has 0 atom stereocenters. The molecule has 0 bridgehead atoms. The highest BCUT2D eigenvalue weighted by Crippen LogP contribution is 2.16. The van der Waals surface area contributed by atoms with Crippen LogP contribution < -0.4 is 15.5 Å². The Morgan fingerprint density at radius 1 is 1.00 bits per heavy atom. The van der Waals surface area contributed by atoms with E-state index in [1.54, 1.807) is 7.05 Å². The fourth-order valence-corrected chi connectivity index (χ4v) is 3.09. The van der Waals surface area contributed by atoms with Crippen LogP contribution in [-0.4, -0.2) is 27.1 Å². The summed E-state index contributed by atoms with van der Waals surface area (Å²) in [5.41, 5.74) is 2.45. The Labute approximate surface area is 143 Å². The fraction of sp³-hybridized carbons (Fsp3) is 0.389. The first-order valence-electron chi connectivity index (χ1n) is 7.90. The lowest BCUT2D eigenvalue weighted by molar-refractivity contribution is 0.815. The largest absolute Gasteiger partial charge is 0.378 e. The number of thiophene rings is 1. The van der Waals surface area contributed by atoms with Crippen molar-refractivity contribution in [2.75, 3.05) is 26.0 Å². The third-order valence-corrected chi connectivity index (χ3v) is 4.86. The van der Waals surface area contributed by atoms with Crippen molar-refractivity contribution in [3.63, 3.8) is 0 Å². The van der Waals surface area contributed by atoms with Crippen molar-refractivity contribution in [2.45, 2.75) is 26.4 Å². The van der Waals surface area contributed by atoms with Gasteiger partial charge in [0.15, 0.2) is 5.96 Å². The molecule has 0 unspecified atom stereocenters. The van der Waals surface area contributed by atoms with Gasteiger partial charge in [-0.25, -0.2) is 0 Å². The van der Waals surface area contributed by atoms with Gasteiger partial charge in [-0.15, -0.1) is 11.3 Å². The minimum Gasteiger partial charge on any atom is -0.378 e. The third kappa shape index (κ3) is 5.28. The molecule has 0 aliphatic rings. The Balaban J connectivity index is 1.82. The van der Waals surface area contributed by atoms with Crippen LogP contribution in [0.4, 0.5) is 5.69 Å². The average molecular weight is 331 g/mol. The highest BCUT2D eigenvalue weighted by Gasteiger charge is 2.02. The number of anilines is 1. The number of hydrogen-bond donors (Lipinski definition) is 2. The summed E-state index contributed by atoms with van der Waals surface area (Å²) in [4.78, 5) is 9.14. The highest BCUT2D eigenvalue weighted by atomic mass is 32.1. The van der Waals surface area contributed by atoms with Gasteiger partial charge in [-0.05, 0) is 36.2 Å². The molecule has 0 radical (unpaired) electrons. The number of aryl methyl sites for hydroxylation is 1. The van der Waals surface area contributed by atoms with E-state index in [1.807, 2.05) is 25.4 Å². The lowest BCUT2D eigenvalue weighted by Crippen LogP contribution is -2.36. The summed E-state index contributed by atoms with van der Waals surface area (Å²) in [5, 5.41) is 6.72. The second-order valence-electron chi connectivity index (χ2n) is 5.56. The van der Waals surface area contributed by atoms with Gasteiger partial charge in [-0.1, -0.05) is 19.1 Å². The summed E-state index contributed by atoms with van der Waals surface area (Å²) in [6, 6.07) is 12.9. The van der Waals surface area contributed by atoms with E-state index in [0.717, 1.165) is 25.5 Å². The van der Waals surface area contributed by atoms with E-state index in [0.29, 0.717) is 0 Å². The number of guanidine groups is 1. The van der Waals surface area contributed by atoms with E-state index in [2.05, 4.69) is 63.8 Å². The van der Waals surface area contributed by atoms with Gasteiger partial charge in [0.2, 0.25) is 0 Å². The van der Waals surface area contributed by atoms with Crippen molar-refractivity contribution >= 4 is 23.0 Å². The molecule has 0 fully saturated rings. The molecule has 5 heteroatoms. The van der Waals surface area contributed by atoms with Crippen LogP contribution >= 0.6 is 11.3 Å². The van der Waals surface area contributed by atoms with Crippen molar-refractivity contribution < 1.29 is 0 Å². The molecule has 124 valence electrons. The van der Waals surface area contributed by atoms with Crippen LogP contribution in [0, 0.1) is 0 Å². The van der Waals surface area contributed by atoms with Gasteiger partial charge in [-0.2, -0.15) is 0 Å². The van der Waals surface area contributed by atoms with E-state index in [4.69, 9.17) is 0 Å². The zero-order valence-corrected chi connectivity index (χ0v) is 15.2. The highest BCUT2D eigenvalue weighted by molar-refractivity contribution is 7.11. The lowest BCUT2D eigenvalue weighted by atomic mass is 10.2. The van der Waals surface area contributed by atoms with Gasteiger partial charge in [-0.3, -0.25) is 4.99 Å². The number of hydrogen-bond acceptors (Lipinski definition) is 3. The monoisotopic (exact) mass is 330 g/mol. The van der Waals surface area contributed by atoms with Crippen LogP contribution in [-0.2, 0) is 19.5 Å². The predicted octanol–water partition coefficient (Wildman–Crippen LogP) is 3.24. The molecule has 2 N–H and O–H groups in total. The maximum absolute atomic E-state index is 4.28. The third-order valence-electron chi connectivity index (χ3n) is 3.63. The molecule has 4 nitrogen and oxygen atoms in total. The fourth-order valence-electron chi connectivity index (χ4n) is 2.20. The lowest BCUT2D eigenvalue weighted by Gasteiger charge is -2.14. The Kier molecular flexibility index (Phi) is 6.47. The second-order valence-corrected chi connectivity index (χ2v) is 6.81. The van der Waals surface area contributed by atoms with Crippen molar-refractivity contribution in [1.29, 1.82) is 0 Å². The molecule has 1 aromatic heterocycles. The first-order valence-corrected chi connectivity index (χ1v) is 8.72. The number of aliphatic imine (C=N–C) groups is 1. The SMILES string of the molecule is CCc1ccc(CNC(=NC)NCc2ccc(N(C)C)cc2)s1. The molecular formula is C18H26N4S. The van der Waals surface area contributed by atoms with Gasteiger partial charge >= 0.3 is 0 Å². The Bertz CT molecular complexity index is 629. The number of rotatable bonds is 6. The normalized spacial score (nSPS) is 11.4.